The second-order valence-electron chi connectivity index (χ2n) is 4.45. The van der Waals surface area contributed by atoms with Gasteiger partial charge in [0.25, 0.3) is 0 Å². The highest BCUT2D eigenvalue weighted by Crippen LogP contribution is 2.20. The van der Waals surface area contributed by atoms with Gasteiger partial charge in [-0.1, -0.05) is 6.92 Å². The largest absolute Gasteiger partial charge is 0.467 e. The number of hydrogen-bond acceptors (Lipinski definition) is 5. The highest BCUT2D eigenvalue weighted by Gasteiger charge is 2.08. The molecule has 2 aromatic heterocycles. The van der Waals surface area contributed by atoms with Crippen LogP contribution in [0, 0.1) is 13.8 Å². The Balaban J connectivity index is 2.12. The molecular weight excluding hydrogens is 240 g/mol. The molecule has 0 atom stereocenters. The van der Waals surface area contributed by atoms with Crippen LogP contribution in [0.15, 0.2) is 22.8 Å². The molecule has 2 rings (SSSR count). The molecule has 0 aliphatic carbocycles. The Morgan fingerprint density at radius 1 is 1.16 bits per heavy atom. The lowest BCUT2D eigenvalue weighted by molar-refractivity contribution is 0.517. The zero-order valence-electron chi connectivity index (χ0n) is 11.7. The van der Waals surface area contributed by atoms with Gasteiger partial charge in [-0.15, -0.1) is 0 Å². The van der Waals surface area contributed by atoms with Gasteiger partial charge in [-0.05, 0) is 32.4 Å². The van der Waals surface area contributed by atoms with E-state index >= 15 is 0 Å². The van der Waals surface area contributed by atoms with Gasteiger partial charge in [0.15, 0.2) is 0 Å². The molecule has 0 aliphatic heterocycles. The third kappa shape index (κ3) is 3.47. The number of aryl methyl sites for hydroxylation is 1. The van der Waals surface area contributed by atoms with Gasteiger partial charge < -0.3 is 15.1 Å². The smallest absolute Gasteiger partial charge is 0.135 e. The summed E-state index contributed by atoms with van der Waals surface area (Å²) < 4.78 is 5.30. The van der Waals surface area contributed by atoms with Crippen molar-refractivity contribution in [2.24, 2.45) is 0 Å². The molecule has 0 saturated carbocycles. The number of anilines is 2. The summed E-state index contributed by atoms with van der Waals surface area (Å²) in [4.78, 5) is 8.87. The third-order valence-electron chi connectivity index (χ3n) is 2.81. The minimum Gasteiger partial charge on any atom is -0.467 e. The van der Waals surface area contributed by atoms with Crippen LogP contribution in [0.1, 0.15) is 30.5 Å². The van der Waals surface area contributed by atoms with Gasteiger partial charge in [0.05, 0.1) is 12.8 Å². The van der Waals surface area contributed by atoms with Crippen molar-refractivity contribution in [2.45, 2.75) is 33.7 Å². The first-order valence-electron chi connectivity index (χ1n) is 6.56. The molecule has 0 aromatic carbocycles. The maximum absolute atomic E-state index is 5.30. The Bertz CT molecular complexity index is 522. The van der Waals surface area contributed by atoms with Gasteiger partial charge in [-0.25, -0.2) is 9.97 Å². The second kappa shape index (κ2) is 6.22. The highest BCUT2D eigenvalue weighted by molar-refractivity contribution is 5.57. The predicted octanol–water partition coefficient (Wildman–Crippen LogP) is 3.12. The molecule has 0 amide bonds. The number of hydrogen-bond donors (Lipinski definition) is 2. The number of furan rings is 1. The lowest BCUT2D eigenvalue weighted by Gasteiger charge is -2.13. The molecule has 2 heterocycles. The molecule has 0 spiro atoms. The summed E-state index contributed by atoms with van der Waals surface area (Å²) in [7, 11) is 0. The van der Waals surface area contributed by atoms with Crippen molar-refractivity contribution in [2.75, 3.05) is 17.2 Å². The van der Waals surface area contributed by atoms with Crippen LogP contribution < -0.4 is 10.6 Å². The topological polar surface area (TPSA) is 63.0 Å². The van der Waals surface area contributed by atoms with E-state index in [1.807, 2.05) is 26.0 Å². The molecule has 5 nitrogen and oxygen atoms in total. The summed E-state index contributed by atoms with van der Waals surface area (Å²) in [5.74, 6) is 3.39. The van der Waals surface area contributed by atoms with Crippen LogP contribution in [-0.2, 0) is 6.54 Å². The van der Waals surface area contributed by atoms with Crippen LogP contribution in [0.3, 0.4) is 0 Å². The summed E-state index contributed by atoms with van der Waals surface area (Å²) >= 11 is 0. The fourth-order valence-electron chi connectivity index (χ4n) is 1.80. The van der Waals surface area contributed by atoms with Crippen molar-refractivity contribution < 1.29 is 4.42 Å². The van der Waals surface area contributed by atoms with Crippen LogP contribution in [-0.4, -0.2) is 16.5 Å². The number of nitrogens with zero attached hydrogens (tertiary/aromatic N) is 2. The third-order valence-corrected chi connectivity index (χ3v) is 2.81. The van der Waals surface area contributed by atoms with Crippen molar-refractivity contribution in [3.05, 3.63) is 35.5 Å². The quantitative estimate of drug-likeness (QED) is 0.835. The Hall–Kier alpha value is -2.04. The van der Waals surface area contributed by atoms with E-state index in [9.17, 15) is 0 Å². The van der Waals surface area contributed by atoms with E-state index in [2.05, 4.69) is 27.5 Å². The fraction of sp³-hybridized carbons (Fsp3) is 0.429. The number of aromatic nitrogens is 2. The lowest BCUT2D eigenvalue weighted by atomic mass is 10.3. The number of rotatable bonds is 6. The van der Waals surface area contributed by atoms with Crippen LogP contribution >= 0.6 is 0 Å². The van der Waals surface area contributed by atoms with Crippen LogP contribution in [0.5, 0.6) is 0 Å². The Labute approximate surface area is 113 Å². The molecule has 5 heteroatoms. The van der Waals surface area contributed by atoms with Crippen molar-refractivity contribution in [3.8, 4) is 0 Å². The molecule has 0 saturated heterocycles. The minimum atomic E-state index is 0.623. The van der Waals surface area contributed by atoms with Gasteiger partial charge in [0.1, 0.15) is 23.2 Å². The van der Waals surface area contributed by atoms with E-state index in [1.165, 1.54) is 0 Å². The fourth-order valence-corrected chi connectivity index (χ4v) is 1.80. The lowest BCUT2D eigenvalue weighted by Crippen LogP contribution is -2.10. The maximum Gasteiger partial charge on any atom is 0.135 e. The van der Waals surface area contributed by atoms with Crippen LogP contribution in [0.25, 0.3) is 0 Å². The molecule has 0 radical (unpaired) electrons. The van der Waals surface area contributed by atoms with Gasteiger partial charge >= 0.3 is 0 Å². The molecular formula is C14H20N4O. The normalized spacial score (nSPS) is 10.5. The number of nitrogens with one attached hydrogen (secondary N) is 2. The van der Waals surface area contributed by atoms with Crippen LogP contribution in [0.2, 0.25) is 0 Å². The van der Waals surface area contributed by atoms with Crippen molar-refractivity contribution >= 4 is 11.6 Å². The van der Waals surface area contributed by atoms with Gasteiger partial charge in [0, 0.05) is 12.1 Å². The first kappa shape index (κ1) is 13.4. The molecule has 0 unspecified atom stereocenters. The van der Waals surface area contributed by atoms with E-state index in [0.717, 1.165) is 41.7 Å². The highest BCUT2D eigenvalue weighted by atomic mass is 16.3. The molecule has 0 bridgehead atoms. The average molecular weight is 260 g/mol. The first-order valence-corrected chi connectivity index (χ1v) is 6.56. The maximum atomic E-state index is 5.30. The Kier molecular flexibility index (Phi) is 4.39. The molecule has 19 heavy (non-hydrogen) atoms. The van der Waals surface area contributed by atoms with Crippen LogP contribution in [0.4, 0.5) is 11.6 Å². The summed E-state index contributed by atoms with van der Waals surface area (Å²) in [6.45, 7) is 7.58. The van der Waals surface area contributed by atoms with Gasteiger partial charge in [-0.2, -0.15) is 0 Å². The van der Waals surface area contributed by atoms with E-state index in [0.29, 0.717) is 6.54 Å². The molecule has 0 aliphatic rings. The van der Waals surface area contributed by atoms with Gasteiger partial charge in [-0.3, -0.25) is 0 Å². The van der Waals surface area contributed by atoms with Crippen molar-refractivity contribution in [3.63, 3.8) is 0 Å². The molecule has 102 valence electrons. The monoisotopic (exact) mass is 260 g/mol. The molecule has 0 fully saturated rings. The Morgan fingerprint density at radius 3 is 2.53 bits per heavy atom. The SMILES string of the molecule is CCCNc1nc(C)nc(NCc2ccco2)c1C. The zero-order valence-corrected chi connectivity index (χ0v) is 11.7. The average Bonchev–Trinajstić information content (AvgIpc) is 2.91. The summed E-state index contributed by atoms with van der Waals surface area (Å²) in [5, 5.41) is 6.61. The van der Waals surface area contributed by atoms with Crippen molar-refractivity contribution in [1.82, 2.24) is 9.97 Å². The van der Waals surface area contributed by atoms with E-state index in [-0.39, 0.29) is 0 Å². The molecule has 2 N–H and O–H groups in total. The summed E-state index contributed by atoms with van der Waals surface area (Å²) in [6, 6.07) is 3.82. The first-order chi connectivity index (χ1) is 9.20. The summed E-state index contributed by atoms with van der Waals surface area (Å²) in [6.07, 6.45) is 2.74. The Morgan fingerprint density at radius 2 is 1.89 bits per heavy atom. The van der Waals surface area contributed by atoms with E-state index in [1.54, 1.807) is 6.26 Å². The standard InChI is InChI=1S/C14H20N4O/c1-4-7-15-13-10(2)14(18-11(3)17-13)16-9-12-6-5-8-19-12/h5-6,8H,4,7,9H2,1-3H3,(H2,15,16,17,18). The minimum absolute atomic E-state index is 0.623. The summed E-state index contributed by atoms with van der Waals surface area (Å²) in [5.41, 5.74) is 1.03. The predicted molar refractivity (Wildman–Crippen MR) is 76.3 cm³/mol. The molecule has 2 aromatic rings. The van der Waals surface area contributed by atoms with E-state index in [4.69, 9.17) is 4.42 Å². The second-order valence-corrected chi connectivity index (χ2v) is 4.45. The van der Waals surface area contributed by atoms with Crippen molar-refractivity contribution in [1.29, 1.82) is 0 Å². The van der Waals surface area contributed by atoms with E-state index < -0.39 is 0 Å². The zero-order chi connectivity index (χ0) is 13.7. The van der Waals surface area contributed by atoms with Gasteiger partial charge in [0.2, 0.25) is 0 Å².